The van der Waals surface area contributed by atoms with Gasteiger partial charge in [-0.05, 0) is 45.0 Å². The molecule has 1 heterocycles. The van der Waals surface area contributed by atoms with Crippen molar-refractivity contribution in [2.75, 3.05) is 25.6 Å². The van der Waals surface area contributed by atoms with Crippen molar-refractivity contribution in [3.8, 4) is 11.5 Å². The van der Waals surface area contributed by atoms with Crippen molar-refractivity contribution in [3.05, 3.63) is 47.8 Å². The van der Waals surface area contributed by atoms with Gasteiger partial charge in [-0.1, -0.05) is 6.07 Å². The van der Waals surface area contributed by atoms with Gasteiger partial charge in [-0.3, -0.25) is 4.98 Å². The average Bonchev–Trinajstić information content (AvgIpc) is 2.61. The third-order valence-electron chi connectivity index (χ3n) is 3.42. The standard InChI is InChI=1S/C19H26N4O2.HI/c1-5-20-19(21-13-16-9-7-8-14(3)22-16)23-15-10-11-17(25-6-2)18(12-15)24-4;/h7-12H,5-6,13H2,1-4H3,(H2,20,21,23);1H. The van der Waals surface area contributed by atoms with E-state index in [1.807, 2.05) is 57.2 Å². The maximum Gasteiger partial charge on any atom is 0.196 e. The zero-order chi connectivity index (χ0) is 18.1. The molecule has 0 saturated heterocycles. The van der Waals surface area contributed by atoms with Crippen molar-refractivity contribution in [1.82, 2.24) is 10.3 Å². The molecule has 26 heavy (non-hydrogen) atoms. The number of aryl methyl sites for hydroxylation is 1. The van der Waals surface area contributed by atoms with E-state index >= 15 is 0 Å². The molecule has 0 saturated carbocycles. The van der Waals surface area contributed by atoms with Gasteiger partial charge < -0.3 is 20.1 Å². The molecule has 0 aliphatic heterocycles. The van der Waals surface area contributed by atoms with Crippen molar-refractivity contribution in [2.24, 2.45) is 4.99 Å². The Morgan fingerprint density at radius 2 is 1.96 bits per heavy atom. The minimum Gasteiger partial charge on any atom is -0.493 e. The van der Waals surface area contributed by atoms with Crippen LogP contribution in [0.5, 0.6) is 11.5 Å². The Hall–Kier alpha value is -2.03. The van der Waals surface area contributed by atoms with Crippen LogP contribution in [-0.2, 0) is 6.54 Å². The van der Waals surface area contributed by atoms with Crippen molar-refractivity contribution >= 4 is 35.6 Å². The molecule has 1 aromatic carbocycles. The number of aliphatic imine (C=N–C) groups is 1. The molecule has 0 radical (unpaired) electrons. The molecule has 1 aromatic heterocycles. The Kier molecular flexibility index (Phi) is 9.79. The fraction of sp³-hybridized carbons (Fsp3) is 0.368. The van der Waals surface area contributed by atoms with Crippen LogP contribution in [0.3, 0.4) is 0 Å². The number of guanidine groups is 1. The number of anilines is 1. The van der Waals surface area contributed by atoms with Crippen LogP contribution in [0.1, 0.15) is 25.2 Å². The van der Waals surface area contributed by atoms with Gasteiger partial charge in [0.25, 0.3) is 0 Å². The van der Waals surface area contributed by atoms with Gasteiger partial charge in [0.15, 0.2) is 17.5 Å². The average molecular weight is 470 g/mol. The third-order valence-corrected chi connectivity index (χ3v) is 3.42. The summed E-state index contributed by atoms with van der Waals surface area (Å²) in [6.07, 6.45) is 0. The maximum atomic E-state index is 5.54. The molecule has 0 aliphatic carbocycles. The van der Waals surface area contributed by atoms with Gasteiger partial charge in [0, 0.05) is 24.0 Å². The third kappa shape index (κ3) is 6.70. The van der Waals surface area contributed by atoms with Crippen molar-refractivity contribution < 1.29 is 9.47 Å². The van der Waals surface area contributed by atoms with E-state index in [4.69, 9.17) is 9.47 Å². The molecule has 2 rings (SSSR count). The van der Waals surface area contributed by atoms with Crippen molar-refractivity contribution in [3.63, 3.8) is 0 Å². The Bertz CT molecular complexity index is 722. The lowest BCUT2D eigenvalue weighted by atomic mass is 10.2. The quantitative estimate of drug-likeness (QED) is 0.364. The van der Waals surface area contributed by atoms with E-state index in [-0.39, 0.29) is 24.0 Å². The van der Waals surface area contributed by atoms with E-state index in [0.717, 1.165) is 29.4 Å². The first-order valence-electron chi connectivity index (χ1n) is 8.45. The number of ether oxygens (including phenoxy) is 2. The van der Waals surface area contributed by atoms with Crippen LogP contribution in [0, 0.1) is 6.92 Å². The predicted molar refractivity (Wildman–Crippen MR) is 117 cm³/mol. The number of hydrogen-bond donors (Lipinski definition) is 2. The summed E-state index contributed by atoms with van der Waals surface area (Å²) < 4.78 is 10.9. The summed E-state index contributed by atoms with van der Waals surface area (Å²) in [4.78, 5) is 9.07. The Balaban J connectivity index is 0.00000338. The van der Waals surface area contributed by atoms with Crippen LogP contribution in [0.4, 0.5) is 5.69 Å². The molecule has 6 nitrogen and oxygen atoms in total. The summed E-state index contributed by atoms with van der Waals surface area (Å²) in [7, 11) is 1.63. The highest BCUT2D eigenvalue weighted by Gasteiger charge is 2.07. The summed E-state index contributed by atoms with van der Waals surface area (Å²) >= 11 is 0. The second kappa shape index (κ2) is 11.6. The largest absolute Gasteiger partial charge is 0.493 e. The minimum atomic E-state index is 0. The fourth-order valence-corrected chi connectivity index (χ4v) is 2.31. The first-order chi connectivity index (χ1) is 12.2. The zero-order valence-corrected chi connectivity index (χ0v) is 18.0. The number of rotatable bonds is 7. The summed E-state index contributed by atoms with van der Waals surface area (Å²) in [5, 5.41) is 6.52. The molecule has 0 unspecified atom stereocenters. The normalized spacial score (nSPS) is 10.7. The number of benzene rings is 1. The lowest BCUT2D eigenvalue weighted by molar-refractivity contribution is 0.311. The van der Waals surface area contributed by atoms with Crippen LogP contribution in [0.2, 0.25) is 0 Å². The van der Waals surface area contributed by atoms with Crippen LogP contribution in [0.15, 0.2) is 41.4 Å². The van der Waals surface area contributed by atoms with E-state index in [0.29, 0.717) is 24.9 Å². The van der Waals surface area contributed by atoms with Crippen LogP contribution in [-0.4, -0.2) is 31.2 Å². The second-order valence-electron chi connectivity index (χ2n) is 5.39. The van der Waals surface area contributed by atoms with E-state index < -0.39 is 0 Å². The van der Waals surface area contributed by atoms with Gasteiger partial charge in [0.2, 0.25) is 0 Å². The summed E-state index contributed by atoms with van der Waals surface area (Å²) in [6, 6.07) is 11.7. The zero-order valence-electron chi connectivity index (χ0n) is 15.7. The minimum absolute atomic E-state index is 0. The maximum absolute atomic E-state index is 5.54. The second-order valence-corrected chi connectivity index (χ2v) is 5.39. The fourth-order valence-electron chi connectivity index (χ4n) is 2.31. The first kappa shape index (κ1) is 22.0. The molecule has 142 valence electrons. The molecule has 2 aromatic rings. The van der Waals surface area contributed by atoms with Gasteiger partial charge in [0.05, 0.1) is 26.0 Å². The molecule has 0 bridgehead atoms. The first-order valence-corrected chi connectivity index (χ1v) is 8.45. The Morgan fingerprint density at radius 1 is 1.15 bits per heavy atom. The van der Waals surface area contributed by atoms with E-state index in [1.54, 1.807) is 7.11 Å². The molecular formula is C19H27IN4O2. The molecule has 0 amide bonds. The highest BCUT2D eigenvalue weighted by molar-refractivity contribution is 14.0. The molecule has 2 N–H and O–H groups in total. The summed E-state index contributed by atoms with van der Waals surface area (Å²) in [6.45, 7) is 7.81. The van der Waals surface area contributed by atoms with Gasteiger partial charge in [-0.25, -0.2) is 4.99 Å². The summed E-state index contributed by atoms with van der Waals surface area (Å²) in [5.74, 6) is 2.10. The van der Waals surface area contributed by atoms with Gasteiger partial charge in [-0.2, -0.15) is 0 Å². The predicted octanol–water partition coefficient (Wildman–Crippen LogP) is 3.99. The highest BCUT2D eigenvalue weighted by Crippen LogP contribution is 2.30. The highest BCUT2D eigenvalue weighted by atomic mass is 127. The van der Waals surface area contributed by atoms with Gasteiger partial charge in [-0.15, -0.1) is 24.0 Å². The monoisotopic (exact) mass is 470 g/mol. The number of pyridine rings is 1. The van der Waals surface area contributed by atoms with E-state index in [1.165, 1.54) is 0 Å². The SMILES string of the molecule is CCNC(=NCc1cccc(C)n1)Nc1ccc(OCC)c(OC)c1.I. The Morgan fingerprint density at radius 3 is 2.62 bits per heavy atom. The lowest BCUT2D eigenvalue weighted by Crippen LogP contribution is -2.30. The summed E-state index contributed by atoms with van der Waals surface area (Å²) in [5.41, 5.74) is 2.79. The van der Waals surface area contributed by atoms with Gasteiger partial charge >= 0.3 is 0 Å². The molecule has 0 fully saturated rings. The number of nitrogens with one attached hydrogen (secondary N) is 2. The van der Waals surface area contributed by atoms with E-state index in [9.17, 15) is 0 Å². The molecule has 0 aliphatic rings. The topological polar surface area (TPSA) is 67.8 Å². The Labute approximate surface area is 172 Å². The number of hydrogen-bond acceptors (Lipinski definition) is 4. The lowest BCUT2D eigenvalue weighted by Gasteiger charge is -2.14. The number of nitrogens with zero attached hydrogens (tertiary/aromatic N) is 2. The van der Waals surface area contributed by atoms with Gasteiger partial charge in [0.1, 0.15) is 0 Å². The van der Waals surface area contributed by atoms with Crippen molar-refractivity contribution in [1.29, 1.82) is 0 Å². The number of halogens is 1. The molecular weight excluding hydrogens is 443 g/mol. The van der Waals surface area contributed by atoms with Crippen LogP contribution < -0.4 is 20.1 Å². The van der Waals surface area contributed by atoms with Crippen LogP contribution in [0.25, 0.3) is 0 Å². The number of aromatic nitrogens is 1. The molecule has 0 spiro atoms. The molecule has 0 atom stereocenters. The number of methoxy groups -OCH3 is 1. The smallest absolute Gasteiger partial charge is 0.196 e. The molecule has 7 heteroatoms. The van der Waals surface area contributed by atoms with Crippen molar-refractivity contribution in [2.45, 2.75) is 27.3 Å². The van der Waals surface area contributed by atoms with E-state index in [2.05, 4.69) is 20.6 Å². The van der Waals surface area contributed by atoms with Crippen LogP contribution >= 0.6 is 24.0 Å².